The van der Waals surface area contributed by atoms with Crippen molar-refractivity contribution >= 4 is 11.8 Å². The molecule has 0 atom stereocenters. The molecule has 22 heavy (non-hydrogen) atoms. The van der Waals surface area contributed by atoms with Crippen molar-refractivity contribution in [3.05, 3.63) is 65.2 Å². The maximum Gasteiger partial charge on any atom is 0.338 e. The molecule has 0 fully saturated rings. The van der Waals surface area contributed by atoms with E-state index in [4.69, 9.17) is 9.47 Å². The summed E-state index contributed by atoms with van der Waals surface area (Å²) in [7, 11) is 0. The SMILES string of the molecule is CCOC(=O)c1cccc(OCC(=O)c2ccc(C)cc2)c1. The fourth-order valence-corrected chi connectivity index (χ4v) is 1.90. The summed E-state index contributed by atoms with van der Waals surface area (Å²) in [5.74, 6) is -0.0506. The first kappa shape index (κ1) is 15.8. The van der Waals surface area contributed by atoms with E-state index in [-0.39, 0.29) is 12.4 Å². The fraction of sp³-hybridized carbons (Fsp3) is 0.222. The number of carbonyl (C=O) groups is 2. The molecule has 0 N–H and O–H groups in total. The Morgan fingerprint density at radius 1 is 1.00 bits per heavy atom. The van der Waals surface area contributed by atoms with Gasteiger partial charge in [0.1, 0.15) is 5.75 Å². The van der Waals surface area contributed by atoms with E-state index in [0.717, 1.165) is 5.56 Å². The largest absolute Gasteiger partial charge is 0.485 e. The molecular weight excluding hydrogens is 280 g/mol. The molecule has 0 aliphatic heterocycles. The van der Waals surface area contributed by atoms with Crippen LogP contribution < -0.4 is 4.74 Å². The molecule has 0 radical (unpaired) electrons. The average molecular weight is 298 g/mol. The molecule has 0 heterocycles. The Labute approximate surface area is 129 Å². The van der Waals surface area contributed by atoms with Gasteiger partial charge in [0.2, 0.25) is 0 Å². The number of aryl methyl sites for hydroxylation is 1. The highest BCUT2D eigenvalue weighted by atomic mass is 16.5. The minimum absolute atomic E-state index is 0.0741. The Morgan fingerprint density at radius 2 is 1.73 bits per heavy atom. The normalized spacial score (nSPS) is 10.1. The highest BCUT2D eigenvalue weighted by Crippen LogP contribution is 2.15. The lowest BCUT2D eigenvalue weighted by atomic mass is 10.1. The van der Waals surface area contributed by atoms with Crippen LogP contribution in [-0.4, -0.2) is 25.0 Å². The molecule has 0 aliphatic rings. The first-order valence-corrected chi connectivity index (χ1v) is 7.10. The summed E-state index contributed by atoms with van der Waals surface area (Å²) in [6, 6.07) is 13.9. The van der Waals surface area contributed by atoms with Crippen molar-refractivity contribution in [2.45, 2.75) is 13.8 Å². The molecule has 114 valence electrons. The van der Waals surface area contributed by atoms with Gasteiger partial charge in [-0.15, -0.1) is 0 Å². The Balaban J connectivity index is 1.99. The van der Waals surface area contributed by atoms with Crippen LogP contribution in [0.1, 0.15) is 33.2 Å². The minimum Gasteiger partial charge on any atom is -0.485 e. The summed E-state index contributed by atoms with van der Waals surface area (Å²) in [6.45, 7) is 3.95. The van der Waals surface area contributed by atoms with E-state index in [9.17, 15) is 9.59 Å². The van der Waals surface area contributed by atoms with Gasteiger partial charge < -0.3 is 9.47 Å². The van der Waals surface area contributed by atoms with Crippen LogP contribution in [0.4, 0.5) is 0 Å². The van der Waals surface area contributed by atoms with Gasteiger partial charge in [-0.25, -0.2) is 4.79 Å². The number of rotatable bonds is 6. The van der Waals surface area contributed by atoms with Gasteiger partial charge in [-0.3, -0.25) is 4.79 Å². The van der Waals surface area contributed by atoms with Gasteiger partial charge in [0, 0.05) is 5.56 Å². The zero-order chi connectivity index (χ0) is 15.9. The second-order valence-electron chi connectivity index (χ2n) is 4.83. The molecule has 4 heteroatoms. The van der Waals surface area contributed by atoms with E-state index in [1.54, 1.807) is 43.3 Å². The summed E-state index contributed by atoms with van der Waals surface area (Å²) in [5, 5.41) is 0. The molecule has 0 amide bonds. The van der Waals surface area contributed by atoms with Crippen LogP contribution in [0.3, 0.4) is 0 Å². The van der Waals surface area contributed by atoms with Gasteiger partial charge in [-0.2, -0.15) is 0 Å². The van der Waals surface area contributed by atoms with Gasteiger partial charge in [-0.05, 0) is 32.0 Å². The topological polar surface area (TPSA) is 52.6 Å². The zero-order valence-corrected chi connectivity index (χ0v) is 12.7. The van der Waals surface area contributed by atoms with Crippen molar-refractivity contribution in [1.29, 1.82) is 0 Å². The van der Waals surface area contributed by atoms with Crippen LogP contribution in [-0.2, 0) is 4.74 Å². The van der Waals surface area contributed by atoms with E-state index in [1.165, 1.54) is 0 Å². The van der Waals surface area contributed by atoms with Crippen LogP contribution in [0.15, 0.2) is 48.5 Å². The third-order valence-corrected chi connectivity index (χ3v) is 3.09. The molecule has 2 aromatic rings. The van der Waals surface area contributed by atoms with Crippen LogP contribution in [0, 0.1) is 6.92 Å². The molecule has 0 unspecified atom stereocenters. The summed E-state index contributed by atoms with van der Waals surface area (Å²) >= 11 is 0. The average Bonchev–Trinajstić information content (AvgIpc) is 2.54. The summed E-state index contributed by atoms with van der Waals surface area (Å²) in [4.78, 5) is 23.7. The lowest BCUT2D eigenvalue weighted by Gasteiger charge is -2.07. The first-order valence-electron chi connectivity index (χ1n) is 7.10. The molecule has 0 aliphatic carbocycles. The Bertz CT molecular complexity index is 659. The number of Topliss-reactive ketones (excluding diaryl/α,β-unsaturated/α-hetero) is 1. The highest BCUT2D eigenvalue weighted by Gasteiger charge is 2.09. The third-order valence-electron chi connectivity index (χ3n) is 3.09. The first-order chi connectivity index (χ1) is 10.6. The quantitative estimate of drug-likeness (QED) is 0.605. The van der Waals surface area contributed by atoms with Gasteiger partial charge in [0.05, 0.1) is 12.2 Å². The number of benzene rings is 2. The molecule has 0 aromatic heterocycles. The molecule has 4 nitrogen and oxygen atoms in total. The van der Waals surface area contributed by atoms with Crippen LogP contribution in [0.5, 0.6) is 5.75 Å². The van der Waals surface area contributed by atoms with Crippen molar-refractivity contribution in [2.24, 2.45) is 0 Å². The van der Waals surface area contributed by atoms with Crippen molar-refractivity contribution in [3.63, 3.8) is 0 Å². The Hall–Kier alpha value is -2.62. The van der Waals surface area contributed by atoms with E-state index >= 15 is 0 Å². The predicted octanol–water partition coefficient (Wildman–Crippen LogP) is 3.43. The summed E-state index contributed by atoms with van der Waals surface area (Å²) in [5.41, 5.74) is 2.11. The van der Waals surface area contributed by atoms with Crippen molar-refractivity contribution in [1.82, 2.24) is 0 Å². The van der Waals surface area contributed by atoms with E-state index in [0.29, 0.717) is 23.5 Å². The number of carbonyl (C=O) groups excluding carboxylic acids is 2. The van der Waals surface area contributed by atoms with Crippen molar-refractivity contribution in [3.8, 4) is 5.75 Å². The lowest BCUT2D eigenvalue weighted by Crippen LogP contribution is -2.12. The molecule has 0 bridgehead atoms. The lowest BCUT2D eigenvalue weighted by molar-refractivity contribution is 0.0526. The molecule has 2 aromatic carbocycles. The Kier molecular flexibility index (Phi) is 5.31. The van der Waals surface area contributed by atoms with Gasteiger partial charge >= 0.3 is 5.97 Å². The van der Waals surface area contributed by atoms with E-state index in [1.807, 2.05) is 19.1 Å². The van der Waals surface area contributed by atoms with Gasteiger partial charge in [-0.1, -0.05) is 35.9 Å². The standard InChI is InChI=1S/C18H18O4/c1-3-21-18(20)15-5-4-6-16(11-15)22-12-17(19)14-9-7-13(2)8-10-14/h4-11H,3,12H2,1-2H3. The van der Waals surface area contributed by atoms with Crippen LogP contribution >= 0.6 is 0 Å². The predicted molar refractivity (Wildman–Crippen MR) is 83.4 cm³/mol. The molecular formula is C18H18O4. The molecule has 2 rings (SSSR count). The third kappa shape index (κ3) is 4.19. The monoisotopic (exact) mass is 298 g/mol. The second-order valence-corrected chi connectivity index (χ2v) is 4.83. The summed E-state index contributed by atoms with van der Waals surface area (Å²) in [6.07, 6.45) is 0. The maximum absolute atomic E-state index is 12.0. The van der Waals surface area contributed by atoms with Crippen LogP contribution in [0.25, 0.3) is 0 Å². The number of hydrogen-bond donors (Lipinski definition) is 0. The zero-order valence-electron chi connectivity index (χ0n) is 12.7. The van der Waals surface area contributed by atoms with Crippen molar-refractivity contribution < 1.29 is 19.1 Å². The van der Waals surface area contributed by atoms with Crippen LogP contribution in [0.2, 0.25) is 0 Å². The number of ether oxygens (including phenoxy) is 2. The van der Waals surface area contributed by atoms with E-state index in [2.05, 4.69) is 0 Å². The molecule has 0 saturated heterocycles. The van der Waals surface area contributed by atoms with E-state index < -0.39 is 5.97 Å². The Morgan fingerprint density at radius 3 is 2.41 bits per heavy atom. The maximum atomic E-state index is 12.0. The number of esters is 1. The minimum atomic E-state index is -0.405. The number of hydrogen-bond acceptors (Lipinski definition) is 4. The molecule has 0 spiro atoms. The highest BCUT2D eigenvalue weighted by molar-refractivity contribution is 5.97. The van der Waals surface area contributed by atoms with Crippen molar-refractivity contribution in [2.75, 3.05) is 13.2 Å². The molecule has 0 saturated carbocycles. The van der Waals surface area contributed by atoms with Gasteiger partial charge in [0.25, 0.3) is 0 Å². The van der Waals surface area contributed by atoms with Gasteiger partial charge in [0.15, 0.2) is 12.4 Å². The summed E-state index contributed by atoms with van der Waals surface area (Å²) < 4.78 is 10.4. The smallest absolute Gasteiger partial charge is 0.338 e. The number of ketones is 1. The fourth-order valence-electron chi connectivity index (χ4n) is 1.90. The second kappa shape index (κ2) is 7.41.